The van der Waals surface area contributed by atoms with E-state index >= 15 is 0 Å². The topological polar surface area (TPSA) is 4.93 Å². The minimum absolute atomic E-state index is 1.13. The van der Waals surface area contributed by atoms with Crippen LogP contribution in [0.3, 0.4) is 0 Å². The van der Waals surface area contributed by atoms with Gasteiger partial charge < -0.3 is 4.57 Å². The van der Waals surface area contributed by atoms with Crippen molar-refractivity contribution in [2.24, 2.45) is 0 Å². The quantitative estimate of drug-likeness (QED) is 0.259. The molecule has 0 N–H and O–H groups in total. The maximum absolute atomic E-state index is 2.46. The van der Waals surface area contributed by atoms with Gasteiger partial charge in [-0.15, -0.1) is 0 Å². The fourth-order valence-electron chi connectivity index (χ4n) is 5.68. The van der Waals surface area contributed by atoms with Gasteiger partial charge in [-0.2, -0.15) is 0 Å². The van der Waals surface area contributed by atoms with E-state index in [0.29, 0.717) is 0 Å². The number of fused-ring (bicyclic) bond motifs is 8. The number of benzene rings is 5. The Bertz CT molecular complexity index is 1640. The normalized spacial score (nSPS) is 13.2. The van der Waals surface area contributed by atoms with E-state index in [0.717, 1.165) is 12.8 Å². The van der Waals surface area contributed by atoms with Gasteiger partial charge in [-0.3, -0.25) is 0 Å². The molecular weight excluding hydrogens is 386 g/mol. The summed E-state index contributed by atoms with van der Waals surface area (Å²) in [6.07, 6.45) is 3.49. The van der Waals surface area contributed by atoms with Gasteiger partial charge in [0.2, 0.25) is 0 Å². The van der Waals surface area contributed by atoms with Crippen molar-refractivity contribution >= 4 is 32.6 Å². The summed E-state index contributed by atoms with van der Waals surface area (Å²) in [5.74, 6) is 0. The van der Waals surface area contributed by atoms with Crippen molar-refractivity contribution in [1.29, 1.82) is 0 Å². The Morgan fingerprint density at radius 1 is 0.531 bits per heavy atom. The molecule has 0 aliphatic heterocycles. The molecule has 0 atom stereocenters. The van der Waals surface area contributed by atoms with Gasteiger partial charge in [0, 0.05) is 16.5 Å². The van der Waals surface area contributed by atoms with Gasteiger partial charge in [-0.1, -0.05) is 72.8 Å². The highest BCUT2D eigenvalue weighted by Gasteiger charge is 2.18. The predicted molar refractivity (Wildman–Crippen MR) is 136 cm³/mol. The second kappa shape index (κ2) is 6.83. The SMILES string of the molecule is c1ccc(-n2c3ccccc3c3cc4c5c(ccc4cc32)-c2ccccc2CCC5)cc1. The lowest BCUT2D eigenvalue weighted by molar-refractivity contribution is 0.839. The molecular formula is C31H23N. The van der Waals surface area contributed by atoms with Crippen molar-refractivity contribution in [2.75, 3.05) is 0 Å². The van der Waals surface area contributed by atoms with E-state index in [1.165, 1.54) is 66.9 Å². The monoisotopic (exact) mass is 409 g/mol. The van der Waals surface area contributed by atoms with Gasteiger partial charge in [0.25, 0.3) is 0 Å². The average Bonchev–Trinajstić information content (AvgIpc) is 3.04. The molecule has 0 spiro atoms. The molecule has 1 heterocycles. The van der Waals surface area contributed by atoms with Crippen LogP contribution in [-0.4, -0.2) is 4.57 Å². The first kappa shape index (κ1) is 17.8. The number of nitrogens with zero attached hydrogens (tertiary/aromatic N) is 1. The predicted octanol–water partition coefficient (Wildman–Crippen LogP) is 8.09. The van der Waals surface area contributed by atoms with E-state index in [9.17, 15) is 0 Å². The summed E-state index contributed by atoms with van der Waals surface area (Å²) < 4.78 is 2.41. The summed E-state index contributed by atoms with van der Waals surface area (Å²) in [5, 5.41) is 5.39. The molecule has 7 rings (SSSR count). The summed E-state index contributed by atoms with van der Waals surface area (Å²) in [7, 11) is 0. The Morgan fingerprint density at radius 3 is 2.28 bits per heavy atom. The zero-order chi connectivity index (χ0) is 21.1. The van der Waals surface area contributed by atoms with Crippen LogP contribution in [0, 0.1) is 0 Å². The molecule has 6 aromatic rings. The Balaban J connectivity index is 1.60. The highest BCUT2D eigenvalue weighted by Crippen LogP contribution is 2.40. The lowest BCUT2D eigenvalue weighted by atomic mass is 9.91. The molecule has 1 aliphatic rings. The molecule has 1 nitrogen and oxygen atoms in total. The highest BCUT2D eigenvalue weighted by molar-refractivity contribution is 6.14. The van der Waals surface area contributed by atoms with Crippen molar-refractivity contribution in [3.8, 4) is 16.8 Å². The number of aromatic nitrogens is 1. The second-order valence-electron chi connectivity index (χ2n) is 8.88. The van der Waals surface area contributed by atoms with Crippen molar-refractivity contribution in [2.45, 2.75) is 19.3 Å². The van der Waals surface area contributed by atoms with Gasteiger partial charge in [0.05, 0.1) is 11.0 Å². The largest absolute Gasteiger partial charge is 0.309 e. The van der Waals surface area contributed by atoms with Crippen LogP contribution in [0.2, 0.25) is 0 Å². The molecule has 0 radical (unpaired) electrons. The van der Waals surface area contributed by atoms with E-state index in [4.69, 9.17) is 0 Å². The Hall–Kier alpha value is -3.84. The van der Waals surface area contributed by atoms with E-state index in [2.05, 4.69) is 108 Å². The molecule has 5 aromatic carbocycles. The van der Waals surface area contributed by atoms with Crippen LogP contribution in [0.25, 0.3) is 49.4 Å². The lowest BCUT2D eigenvalue weighted by Crippen LogP contribution is -1.94. The molecule has 1 aromatic heterocycles. The molecule has 0 bridgehead atoms. The van der Waals surface area contributed by atoms with Crippen LogP contribution in [0.4, 0.5) is 0 Å². The smallest absolute Gasteiger partial charge is 0.0547 e. The third kappa shape index (κ3) is 2.51. The van der Waals surface area contributed by atoms with E-state index in [1.54, 1.807) is 0 Å². The number of aryl methyl sites for hydroxylation is 2. The molecule has 0 amide bonds. The van der Waals surface area contributed by atoms with Gasteiger partial charge in [0.1, 0.15) is 0 Å². The maximum atomic E-state index is 2.46. The Labute approximate surface area is 187 Å². The van der Waals surface area contributed by atoms with Crippen LogP contribution in [-0.2, 0) is 12.8 Å². The minimum atomic E-state index is 1.13. The van der Waals surface area contributed by atoms with Crippen molar-refractivity contribution in [3.63, 3.8) is 0 Å². The van der Waals surface area contributed by atoms with Crippen molar-refractivity contribution in [3.05, 3.63) is 114 Å². The zero-order valence-corrected chi connectivity index (χ0v) is 17.9. The summed E-state index contributed by atoms with van der Waals surface area (Å²) >= 11 is 0. The zero-order valence-electron chi connectivity index (χ0n) is 17.9. The third-order valence-electron chi connectivity index (χ3n) is 7.12. The highest BCUT2D eigenvalue weighted by atomic mass is 15.0. The van der Waals surface area contributed by atoms with Crippen LogP contribution in [0.1, 0.15) is 17.5 Å². The fourth-order valence-corrected chi connectivity index (χ4v) is 5.68. The summed E-state index contributed by atoms with van der Waals surface area (Å²) in [6.45, 7) is 0. The molecule has 0 unspecified atom stereocenters. The molecule has 0 saturated carbocycles. The average molecular weight is 410 g/mol. The summed E-state index contributed by atoms with van der Waals surface area (Å²) in [5.41, 5.74) is 9.56. The molecule has 152 valence electrons. The van der Waals surface area contributed by atoms with Crippen LogP contribution < -0.4 is 0 Å². The molecule has 1 heteroatoms. The first-order valence-corrected chi connectivity index (χ1v) is 11.5. The van der Waals surface area contributed by atoms with Crippen molar-refractivity contribution < 1.29 is 0 Å². The number of hydrogen-bond acceptors (Lipinski definition) is 0. The van der Waals surface area contributed by atoms with Gasteiger partial charge in [-0.05, 0) is 82.6 Å². The standard InChI is InChI=1S/C31H23N/c1-2-11-23(12-3-1)32-30-16-7-6-14-27(30)29-20-28-22(19-31(29)32)17-18-26-24-13-5-4-9-21(24)10-8-15-25(26)28/h1-7,9,11-14,16-20H,8,10,15H2. The maximum Gasteiger partial charge on any atom is 0.0547 e. The number of rotatable bonds is 1. The lowest BCUT2D eigenvalue weighted by Gasteiger charge is -2.13. The molecule has 0 fully saturated rings. The molecule has 1 aliphatic carbocycles. The summed E-state index contributed by atoms with van der Waals surface area (Å²) in [6, 6.07) is 38.0. The van der Waals surface area contributed by atoms with Crippen LogP contribution in [0.15, 0.2) is 103 Å². The third-order valence-corrected chi connectivity index (χ3v) is 7.12. The fraction of sp³-hybridized carbons (Fsp3) is 0.0968. The molecule has 0 saturated heterocycles. The van der Waals surface area contributed by atoms with E-state index in [-0.39, 0.29) is 0 Å². The number of hydrogen-bond donors (Lipinski definition) is 0. The van der Waals surface area contributed by atoms with Gasteiger partial charge in [-0.25, -0.2) is 0 Å². The van der Waals surface area contributed by atoms with Gasteiger partial charge >= 0.3 is 0 Å². The Morgan fingerprint density at radius 2 is 1.34 bits per heavy atom. The summed E-state index contributed by atoms with van der Waals surface area (Å²) in [4.78, 5) is 0. The van der Waals surface area contributed by atoms with Crippen LogP contribution >= 0.6 is 0 Å². The second-order valence-corrected chi connectivity index (χ2v) is 8.88. The van der Waals surface area contributed by atoms with Gasteiger partial charge in [0.15, 0.2) is 0 Å². The first-order chi connectivity index (χ1) is 15.9. The van der Waals surface area contributed by atoms with E-state index < -0.39 is 0 Å². The van der Waals surface area contributed by atoms with Crippen molar-refractivity contribution in [1.82, 2.24) is 4.57 Å². The minimum Gasteiger partial charge on any atom is -0.309 e. The number of para-hydroxylation sites is 2. The van der Waals surface area contributed by atoms with E-state index in [1.807, 2.05) is 0 Å². The van der Waals surface area contributed by atoms with Crippen LogP contribution in [0.5, 0.6) is 0 Å². The Kier molecular flexibility index (Phi) is 3.80. The molecule has 32 heavy (non-hydrogen) atoms. The first-order valence-electron chi connectivity index (χ1n) is 11.5.